The molecule has 1 aliphatic carbocycles. The number of amides is 1. The number of nitrogens with two attached hydrogens (primary N) is 1. The Kier molecular flexibility index (Phi) is 3.28. The van der Waals surface area contributed by atoms with E-state index in [0.29, 0.717) is 17.3 Å². The smallest absolute Gasteiger partial charge is 0.253 e. The summed E-state index contributed by atoms with van der Waals surface area (Å²) in [6.45, 7) is 2.06. The molecule has 4 N–H and O–H groups in total. The topological polar surface area (TPSA) is 80.0 Å². The molecule has 1 amide bonds. The van der Waals surface area contributed by atoms with Crippen LogP contribution in [0, 0.1) is 5.92 Å². The number of rotatable bonds is 4. The maximum Gasteiger partial charge on any atom is 0.253 e. The number of nitrogens with one attached hydrogen (secondary N) is 2. The molecule has 2 aromatic rings. The molecule has 104 valence electrons. The van der Waals surface area contributed by atoms with Gasteiger partial charge in [0.15, 0.2) is 0 Å². The number of nitrogens with zero attached hydrogens (tertiary/aromatic N) is 1. The number of hydrogen-bond donors (Lipinski definition) is 3. The summed E-state index contributed by atoms with van der Waals surface area (Å²) in [5, 5.41) is 4.76. The Morgan fingerprint density at radius 3 is 2.70 bits per heavy atom. The van der Waals surface area contributed by atoms with Crippen LogP contribution >= 0.6 is 0 Å². The van der Waals surface area contributed by atoms with Crippen LogP contribution in [0.1, 0.15) is 30.1 Å². The lowest BCUT2D eigenvalue weighted by Gasteiger charge is -2.14. The molecule has 1 aromatic carbocycles. The van der Waals surface area contributed by atoms with Crippen LogP contribution in [0.5, 0.6) is 0 Å². The van der Waals surface area contributed by atoms with Crippen molar-refractivity contribution in [3.63, 3.8) is 0 Å². The molecule has 0 saturated heterocycles. The normalized spacial score (nSPS) is 15.9. The van der Waals surface area contributed by atoms with Gasteiger partial charge in [-0.3, -0.25) is 4.79 Å². The van der Waals surface area contributed by atoms with Gasteiger partial charge in [-0.05, 0) is 31.1 Å². The fraction of sp³-hybridized carbons (Fsp3) is 0.333. The highest BCUT2D eigenvalue weighted by Crippen LogP contribution is 2.32. The van der Waals surface area contributed by atoms with Crippen molar-refractivity contribution in [2.24, 2.45) is 11.8 Å². The van der Waals surface area contributed by atoms with Gasteiger partial charge in [-0.1, -0.05) is 24.3 Å². The predicted octanol–water partition coefficient (Wildman–Crippen LogP) is 2.05. The minimum Gasteiger partial charge on any atom is -0.349 e. The Bertz CT molecular complexity index is 651. The second-order valence-corrected chi connectivity index (χ2v) is 5.31. The molecule has 1 saturated carbocycles. The van der Waals surface area contributed by atoms with Crippen molar-refractivity contribution in [2.45, 2.75) is 25.8 Å². The van der Waals surface area contributed by atoms with E-state index >= 15 is 0 Å². The molecule has 1 aromatic heterocycles. The van der Waals surface area contributed by atoms with E-state index in [2.05, 4.69) is 22.7 Å². The van der Waals surface area contributed by atoms with Crippen LogP contribution in [0.2, 0.25) is 0 Å². The average Bonchev–Trinajstić information content (AvgIpc) is 3.30. The van der Waals surface area contributed by atoms with Crippen LogP contribution in [0.3, 0.4) is 0 Å². The number of carbonyl (C=O) groups excluding carboxylic acids is 1. The summed E-state index contributed by atoms with van der Waals surface area (Å²) in [5.74, 6) is 6.59. The first-order chi connectivity index (χ1) is 9.70. The minimum atomic E-state index is -0.0725. The molecule has 1 atom stereocenters. The second kappa shape index (κ2) is 5.09. The Balaban J connectivity index is 1.96. The van der Waals surface area contributed by atoms with Crippen molar-refractivity contribution in [3.8, 4) is 0 Å². The van der Waals surface area contributed by atoms with Gasteiger partial charge >= 0.3 is 0 Å². The van der Waals surface area contributed by atoms with Gasteiger partial charge in [-0.2, -0.15) is 0 Å². The van der Waals surface area contributed by atoms with Gasteiger partial charge in [0.25, 0.3) is 5.91 Å². The highest BCUT2D eigenvalue weighted by molar-refractivity contribution is 6.09. The molecule has 0 radical (unpaired) electrons. The van der Waals surface area contributed by atoms with E-state index in [1.54, 1.807) is 6.20 Å². The Hall–Kier alpha value is -2.14. The first-order valence-corrected chi connectivity index (χ1v) is 6.86. The van der Waals surface area contributed by atoms with Crippen molar-refractivity contribution >= 4 is 22.5 Å². The van der Waals surface area contributed by atoms with E-state index < -0.39 is 0 Å². The van der Waals surface area contributed by atoms with Crippen LogP contribution in [0.25, 0.3) is 10.8 Å². The van der Waals surface area contributed by atoms with Crippen molar-refractivity contribution in [1.29, 1.82) is 0 Å². The molecule has 20 heavy (non-hydrogen) atoms. The maximum atomic E-state index is 12.4. The molecule has 1 aliphatic rings. The van der Waals surface area contributed by atoms with Gasteiger partial charge in [0.1, 0.15) is 5.82 Å². The number of nitrogen functional groups attached to an aromatic ring is 1. The first-order valence-electron chi connectivity index (χ1n) is 6.86. The van der Waals surface area contributed by atoms with E-state index in [9.17, 15) is 4.79 Å². The van der Waals surface area contributed by atoms with Crippen molar-refractivity contribution in [1.82, 2.24) is 10.3 Å². The van der Waals surface area contributed by atoms with E-state index in [-0.39, 0.29) is 11.9 Å². The number of hydrogen-bond acceptors (Lipinski definition) is 4. The zero-order valence-electron chi connectivity index (χ0n) is 11.4. The van der Waals surface area contributed by atoms with Gasteiger partial charge in [0.2, 0.25) is 0 Å². The van der Waals surface area contributed by atoms with Crippen molar-refractivity contribution in [3.05, 3.63) is 36.0 Å². The number of benzene rings is 1. The number of fused-ring (bicyclic) bond motifs is 1. The summed E-state index contributed by atoms with van der Waals surface area (Å²) in [4.78, 5) is 16.6. The summed E-state index contributed by atoms with van der Waals surface area (Å²) in [5.41, 5.74) is 3.15. The first kappa shape index (κ1) is 12.9. The Morgan fingerprint density at radius 2 is 2.05 bits per heavy atom. The molecule has 1 fully saturated rings. The van der Waals surface area contributed by atoms with Gasteiger partial charge in [-0.15, -0.1) is 0 Å². The quantitative estimate of drug-likeness (QED) is 0.587. The number of hydrazine groups is 1. The summed E-state index contributed by atoms with van der Waals surface area (Å²) in [7, 11) is 0. The van der Waals surface area contributed by atoms with E-state index in [0.717, 1.165) is 10.8 Å². The van der Waals surface area contributed by atoms with E-state index in [1.165, 1.54) is 12.8 Å². The van der Waals surface area contributed by atoms with Crippen LogP contribution in [-0.2, 0) is 0 Å². The number of pyridine rings is 1. The average molecular weight is 270 g/mol. The zero-order valence-corrected chi connectivity index (χ0v) is 11.4. The molecule has 1 heterocycles. The number of carbonyl (C=O) groups is 1. The molecule has 5 heteroatoms. The maximum absolute atomic E-state index is 12.4. The Morgan fingerprint density at radius 1 is 1.35 bits per heavy atom. The molecule has 3 rings (SSSR count). The molecule has 0 bridgehead atoms. The Labute approximate surface area is 117 Å². The van der Waals surface area contributed by atoms with E-state index in [4.69, 9.17) is 5.84 Å². The summed E-state index contributed by atoms with van der Waals surface area (Å²) < 4.78 is 0. The predicted molar refractivity (Wildman–Crippen MR) is 79.2 cm³/mol. The van der Waals surface area contributed by atoms with E-state index in [1.807, 2.05) is 24.3 Å². The lowest BCUT2D eigenvalue weighted by Crippen LogP contribution is -2.34. The van der Waals surface area contributed by atoms with Gasteiger partial charge < -0.3 is 10.7 Å². The van der Waals surface area contributed by atoms with Gasteiger partial charge in [0.05, 0.1) is 5.56 Å². The van der Waals surface area contributed by atoms with Gasteiger partial charge in [-0.25, -0.2) is 10.8 Å². The third-order valence-corrected chi connectivity index (χ3v) is 3.86. The zero-order chi connectivity index (χ0) is 14.1. The minimum absolute atomic E-state index is 0.0725. The van der Waals surface area contributed by atoms with Crippen LogP contribution in [0.15, 0.2) is 30.5 Å². The van der Waals surface area contributed by atoms with Crippen molar-refractivity contribution < 1.29 is 4.79 Å². The fourth-order valence-corrected chi connectivity index (χ4v) is 2.49. The third-order valence-electron chi connectivity index (χ3n) is 3.86. The van der Waals surface area contributed by atoms with Crippen molar-refractivity contribution in [2.75, 3.05) is 5.43 Å². The summed E-state index contributed by atoms with van der Waals surface area (Å²) >= 11 is 0. The SMILES string of the molecule is CC(NC(=O)c1cnc(NN)c2ccccc12)C1CC1. The second-order valence-electron chi connectivity index (χ2n) is 5.31. The fourth-order valence-electron chi connectivity index (χ4n) is 2.49. The molecule has 0 spiro atoms. The largest absolute Gasteiger partial charge is 0.349 e. The van der Waals surface area contributed by atoms with Crippen LogP contribution in [0.4, 0.5) is 5.82 Å². The standard InChI is InChI=1S/C15H18N4O/c1-9(10-6-7-10)18-15(20)13-8-17-14(19-16)12-5-3-2-4-11(12)13/h2-5,8-10H,6-7,16H2,1H3,(H,17,19)(H,18,20). The summed E-state index contributed by atoms with van der Waals surface area (Å²) in [6.07, 6.45) is 3.99. The monoisotopic (exact) mass is 270 g/mol. The van der Waals surface area contributed by atoms with Crippen LogP contribution in [-0.4, -0.2) is 16.9 Å². The summed E-state index contributed by atoms with van der Waals surface area (Å²) in [6, 6.07) is 7.84. The highest BCUT2D eigenvalue weighted by atomic mass is 16.1. The molecular formula is C15H18N4O. The third kappa shape index (κ3) is 2.32. The number of anilines is 1. The molecule has 1 unspecified atom stereocenters. The molecular weight excluding hydrogens is 252 g/mol. The van der Waals surface area contributed by atoms with Crippen LogP contribution < -0.4 is 16.6 Å². The lowest BCUT2D eigenvalue weighted by atomic mass is 10.1. The number of aromatic nitrogens is 1. The highest BCUT2D eigenvalue weighted by Gasteiger charge is 2.29. The van der Waals surface area contributed by atoms with Gasteiger partial charge in [0, 0.05) is 17.6 Å². The molecule has 0 aliphatic heterocycles. The lowest BCUT2D eigenvalue weighted by molar-refractivity contribution is 0.0937. The molecule has 5 nitrogen and oxygen atoms in total.